The number of nitrogens with one attached hydrogen (secondary N) is 1. The van der Waals surface area contributed by atoms with Crippen LogP contribution in [0.5, 0.6) is 11.5 Å². The van der Waals surface area contributed by atoms with Crippen molar-refractivity contribution in [1.29, 1.82) is 0 Å². The monoisotopic (exact) mass is 225 g/mol. The summed E-state index contributed by atoms with van der Waals surface area (Å²) in [5.41, 5.74) is 0.967. The van der Waals surface area contributed by atoms with E-state index < -0.39 is 0 Å². The summed E-state index contributed by atoms with van der Waals surface area (Å²) >= 11 is 0. The molecule has 0 aromatic heterocycles. The third-order valence-corrected chi connectivity index (χ3v) is 2.27. The third-order valence-electron chi connectivity index (χ3n) is 2.27. The molecule has 1 aromatic rings. The van der Waals surface area contributed by atoms with Gasteiger partial charge in [0.05, 0.1) is 14.2 Å². The van der Waals surface area contributed by atoms with Gasteiger partial charge in [-0.1, -0.05) is 0 Å². The molecule has 0 saturated heterocycles. The number of hydrogen-bond donors (Lipinski definition) is 2. The van der Waals surface area contributed by atoms with Crippen LogP contribution in [0.1, 0.15) is 12.8 Å². The first kappa shape index (κ1) is 12.6. The fourth-order valence-corrected chi connectivity index (χ4v) is 1.38. The summed E-state index contributed by atoms with van der Waals surface area (Å²) < 4.78 is 10.3. The lowest BCUT2D eigenvalue weighted by Crippen LogP contribution is -2.02. The number of methoxy groups -OCH3 is 2. The van der Waals surface area contributed by atoms with Crippen LogP contribution in [-0.2, 0) is 0 Å². The van der Waals surface area contributed by atoms with E-state index in [0.717, 1.165) is 36.6 Å². The van der Waals surface area contributed by atoms with Crippen LogP contribution in [0.25, 0.3) is 0 Å². The lowest BCUT2D eigenvalue weighted by molar-refractivity contribution is 0.286. The second kappa shape index (κ2) is 6.95. The Morgan fingerprint density at radius 1 is 1.06 bits per heavy atom. The topological polar surface area (TPSA) is 50.7 Å². The molecule has 0 spiro atoms. The Hall–Kier alpha value is -1.42. The SMILES string of the molecule is COc1cc(NCCCCO)cc(OC)c1. The zero-order chi connectivity index (χ0) is 11.8. The van der Waals surface area contributed by atoms with Gasteiger partial charge in [-0.25, -0.2) is 0 Å². The highest BCUT2D eigenvalue weighted by atomic mass is 16.5. The third kappa shape index (κ3) is 3.98. The van der Waals surface area contributed by atoms with Crippen LogP contribution < -0.4 is 14.8 Å². The second-order valence-corrected chi connectivity index (χ2v) is 3.46. The van der Waals surface area contributed by atoms with Crippen molar-refractivity contribution in [2.75, 3.05) is 32.7 Å². The van der Waals surface area contributed by atoms with Gasteiger partial charge in [0.25, 0.3) is 0 Å². The van der Waals surface area contributed by atoms with E-state index in [1.165, 1.54) is 0 Å². The predicted octanol–water partition coefficient (Wildman–Crippen LogP) is 1.89. The minimum atomic E-state index is 0.239. The number of aliphatic hydroxyl groups is 1. The molecule has 0 radical (unpaired) electrons. The number of hydrogen-bond acceptors (Lipinski definition) is 4. The molecule has 0 bridgehead atoms. The van der Waals surface area contributed by atoms with Crippen LogP contribution in [0.2, 0.25) is 0 Å². The van der Waals surface area contributed by atoms with Crippen LogP contribution in [0, 0.1) is 0 Å². The minimum absolute atomic E-state index is 0.239. The number of benzene rings is 1. The molecule has 4 nitrogen and oxygen atoms in total. The van der Waals surface area contributed by atoms with E-state index in [4.69, 9.17) is 14.6 Å². The van der Waals surface area contributed by atoms with Crippen LogP contribution in [0.4, 0.5) is 5.69 Å². The van der Waals surface area contributed by atoms with Gasteiger partial charge in [0.2, 0.25) is 0 Å². The summed E-state index contributed by atoms with van der Waals surface area (Å²) in [5, 5.41) is 11.9. The molecule has 0 atom stereocenters. The Labute approximate surface area is 96.2 Å². The summed E-state index contributed by atoms with van der Waals surface area (Å²) in [6.07, 6.45) is 1.75. The van der Waals surface area contributed by atoms with Crippen LogP contribution in [0.15, 0.2) is 18.2 Å². The highest BCUT2D eigenvalue weighted by Gasteiger charge is 2.00. The standard InChI is InChI=1S/C12H19NO3/c1-15-11-7-10(8-12(9-11)16-2)13-5-3-4-6-14/h7-9,13-14H,3-6H2,1-2H3. The molecular weight excluding hydrogens is 206 g/mol. The average molecular weight is 225 g/mol. The van der Waals surface area contributed by atoms with Crippen LogP contribution >= 0.6 is 0 Å². The Morgan fingerprint density at radius 2 is 1.69 bits per heavy atom. The minimum Gasteiger partial charge on any atom is -0.497 e. The number of ether oxygens (including phenoxy) is 2. The number of unbranched alkanes of at least 4 members (excludes halogenated alkanes) is 1. The van der Waals surface area contributed by atoms with E-state index in [9.17, 15) is 0 Å². The molecule has 0 heterocycles. The van der Waals surface area contributed by atoms with Crippen molar-refractivity contribution in [2.45, 2.75) is 12.8 Å². The van der Waals surface area contributed by atoms with E-state index in [-0.39, 0.29) is 6.61 Å². The molecule has 2 N–H and O–H groups in total. The highest BCUT2D eigenvalue weighted by molar-refractivity contribution is 5.53. The molecule has 0 fully saturated rings. The first-order valence-corrected chi connectivity index (χ1v) is 5.38. The van der Waals surface area contributed by atoms with E-state index >= 15 is 0 Å². The van der Waals surface area contributed by atoms with E-state index in [0.29, 0.717) is 0 Å². The second-order valence-electron chi connectivity index (χ2n) is 3.46. The van der Waals surface area contributed by atoms with E-state index in [1.54, 1.807) is 14.2 Å². The Kier molecular flexibility index (Phi) is 5.50. The maximum atomic E-state index is 8.66. The largest absolute Gasteiger partial charge is 0.497 e. The van der Waals surface area contributed by atoms with Crippen LogP contribution in [-0.4, -0.2) is 32.5 Å². The molecule has 90 valence electrons. The van der Waals surface area contributed by atoms with Crippen molar-refractivity contribution in [3.63, 3.8) is 0 Å². The predicted molar refractivity (Wildman–Crippen MR) is 64.4 cm³/mol. The molecule has 0 aliphatic heterocycles. The fraction of sp³-hybridized carbons (Fsp3) is 0.500. The van der Waals surface area contributed by atoms with Crippen LogP contribution in [0.3, 0.4) is 0 Å². The van der Waals surface area contributed by atoms with Crippen molar-refractivity contribution in [3.8, 4) is 11.5 Å². The zero-order valence-electron chi connectivity index (χ0n) is 9.82. The molecule has 16 heavy (non-hydrogen) atoms. The Bertz CT molecular complexity index is 293. The van der Waals surface area contributed by atoms with Crippen molar-refractivity contribution < 1.29 is 14.6 Å². The molecule has 0 saturated carbocycles. The molecule has 0 amide bonds. The molecule has 0 unspecified atom stereocenters. The van der Waals surface area contributed by atoms with Crippen molar-refractivity contribution in [2.24, 2.45) is 0 Å². The molecular formula is C12H19NO3. The number of anilines is 1. The quantitative estimate of drug-likeness (QED) is 0.696. The molecule has 1 rings (SSSR count). The van der Waals surface area contributed by atoms with E-state index in [1.807, 2.05) is 18.2 Å². The van der Waals surface area contributed by atoms with Crippen molar-refractivity contribution >= 4 is 5.69 Å². The first-order chi connectivity index (χ1) is 7.80. The molecule has 0 aliphatic rings. The van der Waals surface area contributed by atoms with Gasteiger partial charge < -0.3 is 19.9 Å². The Balaban J connectivity index is 2.57. The van der Waals surface area contributed by atoms with Gasteiger partial charge in [-0.3, -0.25) is 0 Å². The Morgan fingerprint density at radius 3 is 2.19 bits per heavy atom. The smallest absolute Gasteiger partial charge is 0.124 e. The lowest BCUT2D eigenvalue weighted by atomic mass is 10.2. The maximum Gasteiger partial charge on any atom is 0.124 e. The lowest BCUT2D eigenvalue weighted by Gasteiger charge is -2.10. The number of aliphatic hydroxyl groups excluding tert-OH is 1. The maximum absolute atomic E-state index is 8.66. The van der Waals surface area contributed by atoms with Gasteiger partial charge in [-0.15, -0.1) is 0 Å². The normalized spacial score (nSPS) is 9.94. The summed E-state index contributed by atoms with van der Waals surface area (Å²) in [4.78, 5) is 0. The summed E-state index contributed by atoms with van der Waals surface area (Å²) in [6.45, 7) is 1.07. The van der Waals surface area contributed by atoms with Gasteiger partial charge in [-0.05, 0) is 12.8 Å². The van der Waals surface area contributed by atoms with Gasteiger partial charge >= 0.3 is 0 Å². The summed E-state index contributed by atoms with van der Waals surface area (Å²) in [7, 11) is 3.26. The first-order valence-electron chi connectivity index (χ1n) is 5.38. The number of rotatable bonds is 7. The summed E-state index contributed by atoms with van der Waals surface area (Å²) in [5.74, 6) is 1.54. The van der Waals surface area contributed by atoms with Gasteiger partial charge in [0, 0.05) is 37.0 Å². The average Bonchev–Trinajstić information content (AvgIpc) is 2.34. The van der Waals surface area contributed by atoms with Gasteiger partial charge in [0.15, 0.2) is 0 Å². The molecule has 0 aliphatic carbocycles. The fourth-order valence-electron chi connectivity index (χ4n) is 1.38. The highest BCUT2D eigenvalue weighted by Crippen LogP contribution is 2.25. The van der Waals surface area contributed by atoms with E-state index in [2.05, 4.69) is 5.32 Å². The zero-order valence-corrected chi connectivity index (χ0v) is 9.82. The molecule has 4 heteroatoms. The van der Waals surface area contributed by atoms with Crippen molar-refractivity contribution in [1.82, 2.24) is 0 Å². The summed E-state index contributed by atoms with van der Waals surface area (Å²) in [6, 6.07) is 5.67. The van der Waals surface area contributed by atoms with Crippen molar-refractivity contribution in [3.05, 3.63) is 18.2 Å². The van der Waals surface area contributed by atoms with Gasteiger partial charge in [-0.2, -0.15) is 0 Å². The molecule has 1 aromatic carbocycles. The van der Waals surface area contributed by atoms with Gasteiger partial charge in [0.1, 0.15) is 11.5 Å².